The van der Waals surface area contributed by atoms with Crippen molar-refractivity contribution >= 4 is 10.8 Å². The molecule has 0 aliphatic heterocycles. The van der Waals surface area contributed by atoms with Gasteiger partial charge in [0.25, 0.3) is 0 Å². The molecule has 2 N–H and O–H groups in total. The summed E-state index contributed by atoms with van der Waals surface area (Å²) in [6.45, 7) is 6.87. The maximum atomic E-state index is 10.3. The van der Waals surface area contributed by atoms with Crippen LogP contribution in [0.2, 0.25) is 0 Å². The van der Waals surface area contributed by atoms with Gasteiger partial charge in [0.05, 0.1) is 6.10 Å². The van der Waals surface area contributed by atoms with Gasteiger partial charge in [-0.2, -0.15) is 0 Å². The Morgan fingerprint density at radius 2 is 1.72 bits per heavy atom. The van der Waals surface area contributed by atoms with E-state index in [-0.39, 0.29) is 5.54 Å². The molecule has 0 heterocycles. The van der Waals surface area contributed by atoms with Crippen LogP contribution >= 0.6 is 0 Å². The molecule has 96 valence electrons. The average molecular weight is 243 g/mol. The van der Waals surface area contributed by atoms with Gasteiger partial charge < -0.3 is 10.4 Å². The van der Waals surface area contributed by atoms with Gasteiger partial charge in [0.2, 0.25) is 0 Å². The minimum atomic E-state index is -0.477. The van der Waals surface area contributed by atoms with Gasteiger partial charge in [-0.25, -0.2) is 0 Å². The molecule has 0 saturated carbocycles. The summed E-state index contributed by atoms with van der Waals surface area (Å²) in [5.74, 6) is 0. The van der Waals surface area contributed by atoms with E-state index in [0.717, 1.165) is 10.9 Å². The fourth-order valence-electron chi connectivity index (χ4n) is 2.05. The first kappa shape index (κ1) is 13.1. The van der Waals surface area contributed by atoms with E-state index in [1.165, 1.54) is 5.39 Å². The van der Waals surface area contributed by atoms with Gasteiger partial charge in [-0.05, 0) is 37.1 Å². The third-order valence-electron chi connectivity index (χ3n) is 3.01. The third kappa shape index (κ3) is 3.09. The second-order valence-electron chi connectivity index (χ2n) is 5.72. The summed E-state index contributed by atoms with van der Waals surface area (Å²) >= 11 is 0. The molecule has 0 amide bonds. The molecule has 0 fully saturated rings. The maximum Gasteiger partial charge on any atom is 0.0920 e. The number of hydrogen-bond acceptors (Lipinski definition) is 2. The molecule has 1 unspecified atom stereocenters. The van der Waals surface area contributed by atoms with Gasteiger partial charge >= 0.3 is 0 Å². The Labute approximate surface area is 109 Å². The number of β-amino-alcohol motifs (C(OH)–C–C–N with tert-alkyl or cyclic N) is 1. The van der Waals surface area contributed by atoms with E-state index in [1.54, 1.807) is 0 Å². The van der Waals surface area contributed by atoms with Gasteiger partial charge in [0.15, 0.2) is 0 Å². The van der Waals surface area contributed by atoms with Crippen molar-refractivity contribution in [2.24, 2.45) is 0 Å². The number of fused-ring (bicyclic) bond motifs is 1. The highest BCUT2D eigenvalue weighted by Gasteiger charge is 2.15. The molecule has 0 aromatic heterocycles. The quantitative estimate of drug-likeness (QED) is 0.867. The number of nitrogens with one attached hydrogen (secondary N) is 1. The summed E-state index contributed by atoms with van der Waals surface area (Å²) in [5.41, 5.74) is 1.01. The van der Waals surface area contributed by atoms with Crippen LogP contribution in [0.4, 0.5) is 0 Å². The lowest BCUT2D eigenvalue weighted by molar-refractivity contribution is 0.164. The number of aliphatic hydroxyl groups excluding tert-OH is 1. The molecular weight excluding hydrogens is 222 g/mol. The van der Waals surface area contributed by atoms with Crippen molar-refractivity contribution in [3.8, 4) is 0 Å². The molecular formula is C16H21NO. The van der Waals surface area contributed by atoms with Crippen molar-refractivity contribution in [3.05, 3.63) is 48.0 Å². The summed E-state index contributed by atoms with van der Waals surface area (Å²) in [6.07, 6.45) is -0.477. The van der Waals surface area contributed by atoms with Gasteiger partial charge in [0, 0.05) is 12.1 Å². The molecule has 0 saturated heterocycles. The van der Waals surface area contributed by atoms with Gasteiger partial charge in [-0.15, -0.1) is 0 Å². The van der Waals surface area contributed by atoms with E-state index < -0.39 is 6.10 Å². The Morgan fingerprint density at radius 1 is 1.06 bits per heavy atom. The number of aliphatic hydroxyl groups is 1. The van der Waals surface area contributed by atoms with Crippen molar-refractivity contribution in [2.75, 3.05) is 6.54 Å². The molecule has 0 bridgehead atoms. The molecule has 2 aromatic carbocycles. The van der Waals surface area contributed by atoms with Crippen molar-refractivity contribution in [3.63, 3.8) is 0 Å². The summed E-state index contributed by atoms with van der Waals surface area (Å²) in [6, 6.07) is 14.2. The fourth-order valence-corrected chi connectivity index (χ4v) is 2.05. The molecule has 0 aliphatic rings. The summed E-state index contributed by atoms with van der Waals surface area (Å²) in [4.78, 5) is 0. The van der Waals surface area contributed by atoms with E-state index in [2.05, 4.69) is 44.3 Å². The minimum Gasteiger partial charge on any atom is -0.387 e. The first-order valence-electron chi connectivity index (χ1n) is 6.38. The smallest absolute Gasteiger partial charge is 0.0920 e. The average Bonchev–Trinajstić information content (AvgIpc) is 2.34. The zero-order chi connectivity index (χ0) is 13.2. The summed E-state index contributed by atoms with van der Waals surface area (Å²) in [7, 11) is 0. The van der Waals surface area contributed by atoms with Crippen LogP contribution in [0.25, 0.3) is 10.8 Å². The minimum absolute atomic E-state index is 0.0194. The van der Waals surface area contributed by atoms with Gasteiger partial charge in [-0.3, -0.25) is 0 Å². The SMILES string of the molecule is CC(C)(C)NCC(O)c1cccc2ccccc12. The van der Waals surface area contributed by atoms with Crippen LogP contribution in [0.3, 0.4) is 0 Å². The van der Waals surface area contributed by atoms with Crippen molar-refractivity contribution in [1.82, 2.24) is 5.32 Å². The normalized spacial score (nSPS) is 13.8. The second-order valence-corrected chi connectivity index (χ2v) is 5.72. The van der Waals surface area contributed by atoms with Crippen LogP contribution in [0.1, 0.15) is 32.4 Å². The Balaban J connectivity index is 2.25. The van der Waals surface area contributed by atoms with Crippen LogP contribution in [0, 0.1) is 0 Å². The maximum absolute atomic E-state index is 10.3. The van der Waals surface area contributed by atoms with Crippen LogP contribution in [0.5, 0.6) is 0 Å². The standard InChI is InChI=1S/C16H21NO/c1-16(2,3)17-11-15(18)14-10-6-8-12-7-4-5-9-13(12)14/h4-10,15,17-18H,11H2,1-3H3. The topological polar surface area (TPSA) is 32.3 Å². The molecule has 2 heteroatoms. The Hall–Kier alpha value is -1.38. The Kier molecular flexibility index (Phi) is 3.69. The highest BCUT2D eigenvalue weighted by atomic mass is 16.3. The van der Waals surface area contributed by atoms with Crippen LogP contribution in [-0.2, 0) is 0 Å². The number of benzene rings is 2. The van der Waals surface area contributed by atoms with Crippen molar-refractivity contribution < 1.29 is 5.11 Å². The molecule has 2 rings (SSSR count). The van der Waals surface area contributed by atoms with E-state index in [1.807, 2.05) is 24.3 Å². The molecule has 18 heavy (non-hydrogen) atoms. The van der Waals surface area contributed by atoms with E-state index in [0.29, 0.717) is 6.54 Å². The number of rotatable bonds is 3. The predicted molar refractivity (Wildman–Crippen MR) is 76.7 cm³/mol. The monoisotopic (exact) mass is 243 g/mol. The third-order valence-corrected chi connectivity index (χ3v) is 3.01. The molecule has 0 aliphatic carbocycles. The first-order valence-corrected chi connectivity index (χ1v) is 6.38. The lowest BCUT2D eigenvalue weighted by Gasteiger charge is -2.23. The zero-order valence-electron chi connectivity index (χ0n) is 11.3. The molecule has 2 nitrogen and oxygen atoms in total. The molecule has 1 atom stereocenters. The van der Waals surface area contributed by atoms with E-state index in [9.17, 15) is 5.11 Å². The summed E-state index contributed by atoms with van der Waals surface area (Å²) < 4.78 is 0. The van der Waals surface area contributed by atoms with E-state index in [4.69, 9.17) is 0 Å². The van der Waals surface area contributed by atoms with Crippen LogP contribution in [-0.4, -0.2) is 17.2 Å². The second kappa shape index (κ2) is 5.09. The Morgan fingerprint density at radius 3 is 2.44 bits per heavy atom. The Bertz CT molecular complexity index is 523. The van der Waals surface area contributed by atoms with Crippen LogP contribution in [0.15, 0.2) is 42.5 Å². The molecule has 2 aromatic rings. The van der Waals surface area contributed by atoms with E-state index >= 15 is 0 Å². The predicted octanol–water partition coefficient (Wildman–Crippen LogP) is 3.26. The zero-order valence-corrected chi connectivity index (χ0v) is 11.3. The van der Waals surface area contributed by atoms with Crippen LogP contribution < -0.4 is 5.32 Å². The first-order chi connectivity index (χ1) is 8.47. The van der Waals surface area contributed by atoms with Crippen molar-refractivity contribution in [1.29, 1.82) is 0 Å². The van der Waals surface area contributed by atoms with Crippen molar-refractivity contribution in [2.45, 2.75) is 32.4 Å². The highest BCUT2D eigenvalue weighted by Crippen LogP contribution is 2.24. The van der Waals surface area contributed by atoms with Gasteiger partial charge in [0.1, 0.15) is 0 Å². The highest BCUT2D eigenvalue weighted by molar-refractivity contribution is 5.85. The lowest BCUT2D eigenvalue weighted by Crippen LogP contribution is -2.38. The lowest BCUT2D eigenvalue weighted by atomic mass is 9.99. The molecule has 0 spiro atoms. The van der Waals surface area contributed by atoms with Gasteiger partial charge in [-0.1, -0.05) is 42.5 Å². The number of hydrogen-bond donors (Lipinski definition) is 2. The summed E-state index contributed by atoms with van der Waals surface area (Å²) in [5, 5.41) is 16.0. The molecule has 0 radical (unpaired) electrons. The fraction of sp³-hybridized carbons (Fsp3) is 0.375. The largest absolute Gasteiger partial charge is 0.387 e.